The van der Waals surface area contributed by atoms with Crippen LogP contribution < -0.4 is 5.32 Å². The Hall–Kier alpha value is -1.30. The van der Waals surface area contributed by atoms with Gasteiger partial charge in [0.2, 0.25) is 0 Å². The highest BCUT2D eigenvalue weighted by Crippen LogP contribution is 2.19. The van der Waals surface area contributed by atoms with Gasteiger partial charge in [-0.2, -0.15) is 0 Å². The van der Waals surface area contributed by atoms with Crippen molar-refractivity contribution in [1.82, 2.24) is 10.2 Å². The summed E-state index contributed by atoms with van der Waals surface area (Å²) in [5.41, 5.74) is 0. The van der Waals surface area contributed by atoms with Gasteiger partial charge in [0.25, 0.3) is 0 Å². The lowest BCUT2D eigenvalue weighted by Crippen LogP contribution is -2.51. The molecule has 1 aliphatic heterocycles. The number of ether oxygens (including phenoxy) is 1. The van der Waals surface area contributed by atoms with Crippen LogP contribution >= 0.6 is 0 Å². The number of carbonyl (C=O) groups excluding carboxylic acids is 1. The number of piperidine rings is 1. The van der Waals surface area contributed by atoms with Crippen molar-refractivity contribution in [3.63, 3.8) is 0 Å². The summed E-state index contributed by atoms with van der Waals surface area (Å²) in [7, 11) is 0. The normalized spacial score (nSPS) is 20.4. The zero-order valence-electron chi connectivity index (χ0n) is 13.3. The molecule has 2 amide bonds. The Balaban J connectivity index is 2.50. The van der Waals surface area contributed by atoms with E-state index in [4.69, 9.17) is 9.84 Å². The topological polar surface area (TPSA) is 78.9 Å². The van der Waals surface area contributed by atoms with Crippen molar-refractivity contribution in [2.45, 2.75) is 46.1 Å². The molecule has 1 aliphatic rings. The van der Waals surface area contributed by atoms with E-state index >= 15 is 0 Å². The average Bonchev–Trinajstić information content (AvgIpc) is 2.42. The van der Waals surface area contributed by atoms with Crippen LogP contribution in [0.25, 0.3) is 0 Å². The van der Waals surface area contributed by atoms with E-state index in [-0.39, 0.29) is 24.4 Å². The Morgan fingerprint density at radius 3 is 2.71 bits per heavy atom. The minimum atomic E-state index is -0.793. The molecule has 0 aromatic rings. The fourth-order valence-electron chi connectivity index (χ4n) is 2.56. The molecule has 2 N–H and O–H groups in total. The van der Waals surface area contributed by atoms with Gasteiger partial charge in [0, 0.05) is 26.1 Å². The molecule has 2 unspecified atom stereocenters. The predicted molar refractivity (Wildman–Crippen MR) is 80.2 cm³/mol. The predicted octanol–water partition coefficient (Wildman–Crippen LogP) is 1.94. The average molecular weight is 300 g/mol. The van der Waals surface area contributed by atoms with Crippen LogP contribution in [0.1, 0.15) is 40.0 Å². The number of amides is 2. The highest BCUT2D eigenvalue weighted by atomic mass is 16.5. The van der Waals surface area contributed by atoms with Gasteiger partial charge in [-0.05, 0) is 31.6 Å². The first-order valence-electron chi connectivity index (χ1n) is 7.79. The third kappa shape index (κ3) is 6.33. The molecule has 6 heteroatoms. The third-order valence-electron chi connectivity index (χ3n) is 3.88. The molecule has 0 aromatic heterocycles. The van der Waals surface area contributed by atoms with Gasteiger partial charge in [0.1, 0.15) is 0 Å². The lowest BCUT2D eigenvalue weighted by atomic mass is 9.95. The van der Waals surface area contributed by atoms with E-state index in [1.54, 1.807) is 4.90 Å². The molecule has 0 radical (unpaired) electrons. The van der Waals surface area contributed by atoms with Crippen LogP contribution in [0.5, 0.6) is 0 Å². The van der Waals surface area contributed by atoms with E-state index in [0.717, 1.165) is 12.8 Å². The van der Waals surface area contributed by atoms with Gasteiger partial charge < -0.3 is 20.1 Å². The van der Waals surface area contributed by atoms with E-state index < -0.39 is 5.97 Å². The van der Waals surface area contributed by atoms with Gasteiger partial charge in [-0.25, -0.2) is 4.79 Å². The molecule has 1 saturated heterocycles. The van der Waals surface area contributed by atoms with Crippen LogP contribution in [0, 0.1) is 11.8 Å². The summed E-state index contributed by atoms with van der Waals surface area (Å²) in [5.74, 6) is -0.440. The highest BCUT2D eigenvalue weighted by molar-refractivity contribution is 5.75. The number of urea groups is 1. The Labute approximate surface area is 126 Å². The van der Waals surface area contributed by atoms with Gasteiger partial charge in [0.15, 0.2) is 0 Å². The van der Waals surface area contributed by atoms with Crippen molar-refractivity contribution in [2.75, 3.05) is 26.3 Å². The van der Waals surface area contributed by atoms with Gasteiger partial charge >= 0.3 is 12.0 Å². The second-order valence-electron chi connectivity index (χ2n) is 6.01. The number of carboxylic acids is 1. The Morgan fingerprint density at radius 2 is 2.14 bits per heavy atom. The molecule has 1 rings (SSSR count). The first-order valence-corrected chi connectivity index (χ1v) is 7.79. The molecular weight excluding hydrogens is 272 g/mol. The standard InChI is InChI=1S/C15H28N2O4/c1-4-21-10-13(11(2)3)16-15(20)17-7-5-6-12(9-17)8-14(18)19/h11-13H,4-10H2,1-3H3,(H,16,20)(H,18,19). The first-order chi connectivity index (χ1) is 9.93. The molecule has 6 nitrogen and oxygen atoms in total. The lowest BCUT2D eigenvalue weighted by molar-refractivity contribution is -0.138. The summed E-state index contributed by atoms with van der Waals surface area (Å²) in [6.45, 7) is 8.38. The van der Waals surface area contributed by atoms with Crippen molar-refractivity contribution in [2.24, 2.45) is 11.8 Å². The first kappa shape index (κ1) is 17.8. The quantitative estimate of drug-likeness (QED) is 0.753. The zero-order valence-corrected chi connectivity index (χ0v) is 13.3. The van der Waals surface area contributed by atoms with E-state index in [9.17, 15) is 9.59 Å². The van der Waals surface area contributed by atoms with E-state index in [0.29, 0.717) is 32.2 Å². The maximum Gasteiger partial charge on any atom is 0.317 e. The molecule has 0 spiro atoms. The van der Waals surface area contributed by atoms with Gasteiger partial charge in [-0.15, -0.1) is 0 Å². The lowest BCUT2D eigenvalue weighted by Gasteiger charge is -2.34. The summed E-state index contributed by atoms with van der Waals surface area (Å²) in [6, 6.07) is -0.124. The van der Waals surface area contributed by atoms with Crippen molar-refractivity contribution in [1.29, 1.82) is 0 Å². The summed E-state index contributed by atoms with van der Waals surface area (Å²) >= 11 is 0. The molecule has 0 saturated carbocycles. The smallest absolute Gasteiger partial charge is 0.317 e. The fraction of sp³-hybridized carbons (Fsp3) is 0.867. The minimum absolute atomic E-state index is 0.0164. The molecule has 0 aromatic carbocycles. The maximum absolute atomic E-state index is 12.3. The number of hydrogen-bond donors (Lipinski definition) is 2. The van der Waals surface area contributed by atoms with Crippen molar-refractivity contribution in [3.05, 3.63) is 0 Å². The number of nitrogens with one attached hydrogen (secondary N) is 1. The third-order valence-corrected chi connectivity index (χ3v) is 3.88. The van der Waals surface area contributed by atoms with E-state index in [1.165, 1.54) is 0 Å². The van der Waals surface area contributed by atoms with E-state index in [1.807, 2.05) is 20.8 Å². The SMILES string of the molecule is CCOCC(NC(=O)N1CCCC(CC(=O)O)C1)C(C)C. The number of rotatable bonds is 7. The molecule has 0 bridgehead atoms. The largest absolute Gasteiger partial charge is 0.481 e. The number of nitrogens with zero attached hydrogens (tertiary/aromatic N) is 1. The fourth-order valence-corrected chi connectivity index (χ4v) is 2.56. The number of likely N-dealkylation sites (tertiary alicyclic amines) is 1. The van der Waals surface area contributed by atoms with Crippen LogP contribution in [0.15, 0.2) is 0 Å². The van der Waals surface area contributed by atoms with Crippen molar-refractivity contribution in [3.8, 4) is 0 Å². The zero-order chi connectivity index (χ0) is 15.8. The number of carbonyl (C=O) groups is 2. The van der Waals surface area contributed by atoms with Crippen LogP contribution in [0.3, 0.4) is 0 Å². The molecule has 2 atom stereocenters. The Bertz CT molecular complexity index is 347. The molecule has 122 valence electrons. The summed E-state index contributed by atoms with van der Waals surface area (Å²) in [5, 5.41) is 11.9. The van der Waals surface area contributed by atoms with Crippen LogP contribution in [-0.2, 0) is 9.53 Å². The van der Waals surface area contributed by atoms with Crippen LogP contribution in [0.4, 0.5) is 4.79 Å². The van der Waals surface area contributed by atoms with Crippen LogP contribution in [0.2, 0.25) is 0 Å². The summed E-state index contributed by atoms with van der Waals surface area (Å²) < 4.78 is 5.41. The maximum atomic E-state index is 12.3. The number of hydrogen-bond acceptors (Lipinski definition) is 3. The monoisotopic (exact) mass is 300 g/mol. The van der Waals surface area contributed by atoms with Crippen molar-refractivity contribution >= 4 is 12.0 Å². The Morgan fingerprint density at radius 1 is 1.43 bits per heavy atom. The van der Waals surface area contributed by atoms with Gasteiger partial charge in [-0.1, -0.05) is 13.8 Å². The minimum Gasteiger partial charge on any atom is -0.481 e. The summed E-state index contributed by atoms with van der Waals surface area (Å²) in [4.78, 5) is 24.8. The highest BCUT2D eigenvalue weighted by Gasteiger charge is 2.27. The second kappa shape index (κ2) is 8.87. The molecule has 21 heavy (non-hydrogen) atoms. The molecule has 1 fully saturated rings. The van der Waals surface area contributed by atoms with E-state index in [2.05, 4.69) is 5.32 Å². The summed E-state index contributed by atoms with van der Waals surface area (Å²) in [6.07, 6.45) is 1.88. The number of carboxylic acid groups (broad SMARTS) is 1. The van der Waals surface area contributed by atoms with Gasteiger partial charge in [-0.3, -0.25) is 4.79 Å². The van der Waals surface area contributed by atoms with Crippen LogP contribution in [-0.4, -0.2) is 54.4 Å². The Kier molecular flexibility index (Phi) is 7.50. The number of aliphatic carboxylic acids is 1. The molecule has 0 aliphatic carbocycles. The molecule has 1 heterocycles. The second-order valence-corrected chi connectivity index (χ2v) is 6.01. The molecular formula is C15H28N2O4. The van der Waals surface area contributed by atoms with Gasteiger partial charge in [0.05, 0.1) is 12.6 Å². The van der Waals surface area contributed by atoms with Crippen molar-refractivity contribution < 1.29 is 19.4 Å².